The van der Waals surface area contributed by atoms with Crippen LogP contribution in [-0.2, 0) is 6.54 Å². The first kappa shape index (κ1) is 12.4. The standard InChI is InChI=1S/C11H16N2O3/c1-3-4-5-6-12-8-10(13(15)16)9(2)7-11(12)14/h7-8H,3-6H2,1-2H3. The maximum Gasteiger partial charge on any atom is 0.288 e. The lowest BCUT2D eigenvalue weighted by atomic mass is 10.2. The topological polar surface area (TPSA) is 65.1 Å². The van der Waals surface area contributed by atoms with Crippen LogP contribution in [0, 0.1) is 17.0 Å². The van der Waals surface area contributed by atoms with Gasteiger partial charge in [-0.2, -0.15) is 0 Å². The maximum absolute atomic E-state index is 11.5. The van der Waals surface area contributed by atoms with E-state index in [2.05, 4.69) is 6.92 Å². The molecule has 5 heteroatoms. The van der Waals surface area contributed by atoms with Crippen LogP contribution in [0.15, 0.2) is 17.1 Å². The molecule has 0 saturated heterocycles. The third-order valence-corrected chi connectivity index (χ3v) is 2.50. The Morgan fingerprint density at radius 3 is 2.69 bits per heavy atom. The van der Waals surface area contributed by atoms with Crippen LogP contribution in [0.25, 0.3) is 0 Å². The predicted molar refractivity (Wildman–Crippen MR) is 61.6 cm³/mol. The molecule has 5 nitrogen and oxygen atoms in total. The Kier molecular flexibility index (Phi) is 4.22. The molecule has 0 spiro atoms. The minimum absolute atomic E-state index is 0.0103. The van der Waals surface area contributed by atoms with Crippen molar-refractivity contribution in [2.75, 3.05) is 0 Å². The largest absolute Gasteiger partial charge is 0.309 e. The molecule has 0 radical (unpaired) electrons. The van der Waals surface area contributed by atoms with Crippen LogP contribution < -0.4 is 5.56 Å². The van der Waals surface area contributed by atoms with Gasteiger partial charge in [0.1, 0.15) is 0 Å². The Labute approximate surface area is 93.9 Å². The Balaban J connectivity index is 2.96. The van der Waals surface area contributed by atoms with Crippen LogP contribution in [0.5, 0.6) is 0 Å². The van der Waals surface area contributed by atoms with Crippen molar-refractivity contribution >= 4 is 5.69 Å². The number of nitro groups is 1. The van der Waals surface area contributed by atoms with Gasteiger partial charge in [-0.15, -0.1) is 0 Å². The molecule has 0 fully saturated rings. The molecule has 1 rings (SSSR count). The summed E-state index contributed by atoms with van der Waals surface area (Å²) in [6.45, 7) is 4.20. The highest BCUT2D eigenvalue weighted by molar-refractivity contribution is 5.35. The van der Waals surface area contributed by atoms with Gasteiger partial charge in [0, 0.05) is 18.2 Å². The molecular formula is C11H16N2O3. The Morgan fingerprint density at radius 1 is 1.44 bits per heavy atom. The van der Waals surface area contributed by atoms with E-state index >= 15 is 0 Å². The third kappa shape index (κ3) is 2.92. The number of nitrogens with zero attached hydrogens (tertiary/aromatic N) is 2. The fraction of sp³-hybridized carbons (Fsp3) is 0.545. The SMILES string of the molecule is CCCCCn1cc([N+](=O)[O-])c(C)cc1=O. The lowest BCUT2D eigenvalue weighted by Crippen LogP contribution is -2.20. The van der Waals surface area contributed by atoms with E-state index in [9.17, 15) is 14.9 Å². The number of pyridine rings is 1. The first-order valence-electron chi connectivity index (χ1n) is 5.41. The second-order valence-electron chi connectivity index (χ2n) is 3.84. The third-order valence-electron chi connectivity index (χ3n) is 2.50. The highest BCUT2D eigenvalue weighted by Crippen LogP contribution is 2.14. The molecule has 1 aromatic rings. The molecule has 0 aromatic carbocycles. The molecule has 0 atom stereocenters. The van der Waals surface area contributed by atoms with Crippen LogP contribution in [-0.4, -0.2) is 9.49 Å². The van der Waals surface area contributed by atoms with Gasteiger partial charge in [-0.3, -0.25) is 14.9 Å². The van der Waals surface area contributed by atoms with Crippen molar-refractivity contribution in [3.63, 3.8) is 0 Å². The Hall–Kier alpha value is -1.65. The first-order valence-corrected chi connectivity index (χ1v) is 5.41. The molecule has 16 heavy (non-hydrogen) atoms. The number of unbranched alkanes of at least 4 members (excludes halogenated alkanes) is 2. The van der Waals surface area contributed by atoms with Gasteiger partial charge in [0.15, 0.2) is 0 Å². The highest BCUT2D eigenvalue weighted by atomic mass is 16.6. The number of hydrogen-bond donors (Lipinski definition) is 0. The molecule has 0 amide bonds. The summed E-state index contributed by atoms with van der Waals surface area (Å²) in [6, 6.07) is 1.32. The summed E-state index contributed by atoms with van der Waals surface area (Å²) in [5.74, 6) is 0. The second-order valence-corrected chi connectivity index (χ2v) is 3.84. The minimum atomic E-state index is -0.453. The number of hydrogen-bond acceptors (Lipinski definition) is 3. The van der Waals surface area contributed by atoms with Gasteiger partial charge in [0.25, 0.3) is 11.2 Å². The van der Waals surface area contributed by atoms with Crippen molar-refractivity contribution in [3.8, 4) is 0 Å². The first-order chi connectivity index (χ1) is 7.56. The monoisotopic (exact) mass is 224 g/mol. The Morgan fingerprint density at radius 2 is 2.12 bits per heavy atom. The fourth-order valence-electron chi connectivity index (χ4n) is 1.55. The van der Waals surface area contributed by atoms with E-state index < -0.39 is 4.92 Å². The van der Waals surface area contributed by atoms with E-state index in [1.165, 1.54) is 16.8 Å². The quantitative estimate of drug-likeness (QED) is 0.437. The molecule has 88 valence electrons. The normalized spacial score (nSPS) is 10.4. The van der Waals surface area contributed by atoms with Crippen molar-refractivity contribution in [1.82, 2.24) is 4.57 Å². The number of rotatable bonds is 5. The van der Waals surface area contributed by atoms with Gasteiger partial charge in [0.05, 0.1) is 11.1 Å². The molecule has 0 bridgehead atoms. The van der Waals surface area contributed by atoms with Crippen molar-refractivity contribution in [2.45, 2.75) is 39.7 Å². The molecule has 1 aromatic heterocycles. The lowest BCUT2D eigenvalue weighted by Gasteiger charge is -2.05. The lowest BCUT2D eigenvalue weighted by molar-refractivity contribution is -0.385. The van der Waals surface area contributed by atoms with E-state index in [1.807, 2.05) is 0 Å². The summed E-state index contributed by atoms with van der Waals surface area (Å²) in [7, 11) is 0. The van der Waals surface area contributed by atoms with E-state index in [-0.39, 0.29) is 11.2 Å². The van der Waals surface area contributed by atoms with Crippen molar-refractivity contribution in [1.29, 1.82) is 0 Å². The average molecular weight is 224 g/mol. The zero-order valence-electron chi connectivity index (χ0n) is 9.60. The van der Waals surface area contributed by atoms with Crippen LogP contribution >= 0.6 is 0 Å². The van der Waals surface area contributed by atoms with E-state index in [0.717, 1.165) is 19.3 Å². The minimum Gasteiger partial charge on any atom is -0.309 e. The summed E-state index contributed by atoms with van der Waals surface area (Å²) in [5.41, 5.74) is 0.261. The van der Waals surface area contributed by atoms with Gasteiger partial charge < -0.3 is 4.57 Å². The molecule has 0 saturated carbocycles. The van der Waals surface area contributed by atoms with Crippen molar-refractivity contribution < 1.29 is 4.92 Å². The molecule has 0 N–H and O–H groups in total. The zero-order valence-corrected chi connectivity index (χ0v) is 9.60. The summed E-state index contributed by atoms with van der Waals surface area (Å²) in [6.07, 6.45) is 4.29. The number of aryl methyl sites for hydroxylation is 2. The molecular weight excluding hydrogens is 208 g/mol. The summed E-state index contributed by atoms with van der Waals surface area (Å²) < 4.78 is 1.42. The fourth-order valence-corrected chi connectivity index (χ4v) is 1.55. The molecule has 0 aliphatic rings. The molecule has 0 unspecified atom stereocenters. The zero-order chi connectivity index (χ0) is 12.1. The average Bonchev–Trinajstić information content (AvgIpc) is 2.21. The summed E-state index contributed by atoms with van der Waals surface area (Å²) in [4.78, 5) is 21.8. The summed E-state index contributed by atoms with van der Waals surface area (Å²) in [5, 5.41) is 10.7. The van der Waals surface area contributed by atoms with Crippen molar-refractivity contribution in [3.05, 3.63) is 38.3 Å². The van der Waals surface area contributed by atoms with E-state index in [4.69, 9.17) is 0 Å². The molecule has 0 aliphatic carbocycles. The van der Waals surface area contributed by atoms with E-state index in [1.54, 1.807) is 6.92 Å². The van der Waals surface area contributed by atoms with Gasteiger partial charge in [-0.05, 0) is 13.3 Å². The van der Waals surface area contributed by atoms with Crippen LogP contribution in [0.2, 0.25) is 0 Å². The Bertz CT molecular complexity index is 437. The van der Waals surface area contributed by atoms with Crippen LogP contribution in [0.4, 0.5) is 5.69 Å². The van der Waals surface area contributed by atoms with Gasteiger partial charge in [0.2, 0.25) is 0 Å². The van der Waals surface area contributed by atoms with Crippen LogP contribution in [0.3, 0.4) is 0 Å². The predicted octanol–water partition coefficient (Wildman–Crippen LogP) is 2.26. The van der Waals surface area contributed by atoms with E-state index in [0.29, 0.717) is 12.1 Å². The molecule has 0 aliphatic heterocycles. The number of aromatic nitrogens is 1. The summed E-state index contributed by atoms with van der Waals surface area (Å²) >= 11 is 0. The second kappa shape index (κ2) is 5.44. The van der Waals surface area contributed by atoms with Gasteiger partial charge in [-0.1, -0.05) is 19.8 Å². The van der Waals surface area contributed by atoms with Gasteiger partial charge >= 0.3 is 0 Å². The highest BCUT2D eigenvalue weighted by Gasteiger charge is 2.12. The molecule has 1 heterocycles. The van der Waals surface area contributed by atoms with Crippen molar-refractivity contribution in [2.24, 2.45) is 0 Å². The van der Waals surface area contributed by atoms with Crippen LogP contribution in [0.1, 0.15) is 31.7 Å². The van der Waals surface area contributed by atoms with Gasteiger partial charge in [-0.25, -0.2) is 0 Å². The smallest absolute Gasteiger partial charge is 0.288 e. The maximum atomic E-state index is 11.5.